The van der Waals surface area contributed by atoms with E-state index in [1.807, 2.05) is 24.4 Å². The molecule has 2 rings (SSSR count). The lowest BCUT2D eigenvalue weighted by atomic mass is 10.3. The van der Waals surface area contributed by atoms with Gasteiger partial charge in [-0.1, -0.05) is 6.92 Å². The molecule has 8 heteroatoms. The SMILES string of the molecule is CCc1cnc(CNC(=NC)Nc2ccc(OC)c(OC)c2)s1.I. The molecule has 1 aromatic heterocycles. The molecule has 1 heterocycles. The Morgan fingerprint density at radius 2 is 2.00 bits per heavy atom. The van der Waals surface area contributed by atoms with E-state index in [0.717, 1.165) is 17.1 Å². The molecule has 2 N–H and O–H groups in total. The second-order valence-corrected chi connectivity index (χ2v) is 5.89. The number of methoxy groups -OCH3 is 2. The molecule has 0 spiro atoms. The van der Waals surface area contributed by atoms with Crippen molar-refractivity contribution in [3.8, 4) is 11.5 Å². The van der Waals surface area contributed by atoms with E-state index in [2.05, 4.69) is 27.5 Å². The second-order valence-electron chi connectivity index (χ2n) is 4.69. The fourth-order valence-corrected chi connectivity index (χ4v) is 2.78. The third-order valence-electron chi connectivity index (χ3n) is 3.23. The summed E-state index contributed by atoms with van der Waals surface area (Å²) in [6.45, 7) is 2.76. The number of halogens is 1. The largest absolute Gasteiger partial charge is 0.493 e. The van der Waals surface area contributed by atoms with Crippen molar-refractivity contribution in [2.45, 2.75) is 19.9 Å². The van der Waals surface area contributed by atoms with Crippen LogP contribution in [0.5, 0.6) is 11.5 Å². The van der Waals surface area contributed by atoms with Crippen molar-refractivity contribution in [1.82, 2.24) is 10.3 Å². The second kappa shape index (κ2) is 10.3. The standard InChI is InChI=1S/C16H22N4O2S.HI/c1-5-12-9-18-15(23-12)10-19-16(17-2)20-11-6-7-13(21-3)14(8-11)22-4;/h6-9H,5,10H2,1-4H3,(H2,17,19,20);1H. The first kappa shape index (κ1) is 20.5. The highest BCUT2D eigenvalue weighted by Gasteiger charge is 2.07. The number of ether oxygens (including phenoxy) is 2. The Morgan fingerprint density at radius 1 is 1.25 bits per heavy atom. The number of rotatable bonds is 6. The van der Waals surface area contributed by atoms with Crippen molar-refractivity contribution in [3.05, 3.63) is 34.3 Å². The number of hydrogen-bond acceptors (Lipinski definition) is 5. The lowest BCUT2D eigenvalue weighted by molar-refractivity contribution is 0.355. The van der Waals surface area contributed by atoms with Crippen LogP contribution in [-0.4, -0.2) is 32.2 Å². The van der Waals surface area contributed by atoms with Crippen LogP contribution in [0.3, 0.4) is 0 Å². The molecule has 0 amide bonds. The number of aromatic nitrogens is 1. The molecule has 0 unspecified atom stereocenters. The van der Waals surface area contributed by atoms with Gasteiger partial charge in [0.25, 0.3) is 0 Å². The third kappa shape index (κ3) is 5.52. The van der Waals surface area contributed by atoms with Gasteiger partial charge in [-0.15, -0.1) is 35.3 Å². The topological polar surface area (TPSA) is 67.8 Å². The molecule has 0 bridgehead atoms. The molecule has 2 aromatic rings. The number of benzene rings is 1. The third-order valence-corrected chi connectivity index (χ3v) is 4.37. The number of nitrogens with one attached hydrogen (secondary N) is 2. The van der Waals surface area contributed by atoms with Gasteiger partial charge in [0.2, 0.25) is 0 Å². The van der Waals surface area contributed by atoms with Gasteiger partial charge in [0, 0.05) is 29.9 Å². The minimum Gasteiger partial charge on any atom is -0.493 e. The summed E-state index contributed by atoms with van der Waals surface area (Å²) >= 11 is 1.71. The van der Waals surface area contributed by atoms with Gasteiger partial charge in [-0.2, -0.15) is 0 Å². The van der Waals surface area contributed by atoms with E-state index in [4.69, 9.17) is 9.47 Å². The van der Waals surface area contributed by atoms with Gasteiger partial charge >= 0.3 is 0 Å². The van der Waals surface area contributed by atoms with E-state index in [9.17, 15) is 0 Å². The van der Waals surface area contributed by atoms with Gasteiger partial charge in [0.05, 0.1) is 20.8 Å². The molecule has 24 heavy (non-hydrogen) atoms. The Balaban J connectivity index is 0.00000288. The summed E-state index contributed by atoms with van der Waals surface area (Å²) in [5.74, 6) is 2.03. The van der Waals surface area contributed by atoms with Crippen LogP contribution in [0.2, 0.25) is 0 Å². The molecule has 6 nitrogen and oxygen atoms in total. The zero-order chi connectivity index (χ0) is 16.7. The maximum Gasteiger partial charge on any atom is 0.195 e. The van der Waals surface area contributed by atoms with Crippen LogP contribution in [0.1, 0.15) is 16.8 Å². The fraction of sp³-hybridized carbons (Fsp3) is 0.375. The van der Waals surface area contributed by atoms with E-state index < -0.39 is 0 Å². The van der Waals surface area contributed by atoms with Gasteiger partial charge in [-0.3, -0.25) is 4.99 Å². The summed E-state index contributed by atoms with van der Waals surface area (Å²) in [5, 5.41) is 7.52. The molecule has 0 radical (unpaired) electrons. The van der Waals surface area contributed by atoms with Crippen LogP contribution < -0.4 is 20.1 Å². The number of aliphatic imine (C=N–C) groups is 1. The highest BCUT2D eigenvalue weighted by atomic mass is 127. The zero-order valence-electron chi connectivity index (χ0n) is 14.3. The quantitative estimate of drug-likeness (QED) is 0.391. The maximum absolute atomic E-state index is 5.30. The van der Waals surface area contributed by atoms with Crippen molar-refractivity contribution >= 4 is 47.0 Å². The first-order valence-corrected chi connectivity index (χ1v) is 8.15. The highest BCUT2D eigenvalue weighted by Crippen LogP contribution is 2.29. The predicted octanol–water partition coefficient (Wildman–Crippen LogP) is 3.53. The Kier molecular flexibility index (Phi) is 8.83. The first-order chi connectivity index (χ1) is 11.2. The van der Waals surface area contributed by atoms with Crippen molar-refractivity contribution < 1.29 is 9.47 Å². The van der Waals surface area contributed by atoms with Crippen LogP contribution >= 0.6 is 35.3 Å². The van der Waals surface area contributed by atoms with E-state index in [1.165, 1.54) is 4.88 Å². The van der Waals surface area contributed by atoms with Crippen LogP contribution in [-0.2, 0) is 13.0 Å². The number of thiazole rings is 1. The minimum absolute atomic E-state index is 0. The van der Waals surface area contributed by atoms with Crippen LogP contribution in [0.25, 0.3) is 0 Å². The van der Waals surface area contributed by atoms with E-state index >= 15 is 0 Å². The van der Waals surface area contributed by atoms with Crippen molar-refractivity contribution in [2.24, 2.45) is 4.99 Å². The first-order valence-electron chi connectivity index (χ1n) is 7.33. The zero-order valence-corrected chi connectivity index (χ0v) is 17.4. The number of hydrogen-bond donors (Lipinski definition) is 2. The lowest BCUT2D eigenvalue weighted by Crippen LogP contribution is -2.30. The summed E-state index contributed by atoms with van der Waals surface area (Å²) < 4.78 is 10.5. The van der Waals surface area contributed by atoms with Crippen LogP contribution in [0.15, 0.2) is 29.4 Å². The Bertz CT molecular complexity index is 676. The van der Waals surface area contributed by atoms with Crippen molar-refractivity contribution in [1.29, 1.82) is 0 Å². The summed E-state index contributed by atoms with van der Waals surface area (Å²) in [7, 11) is 4.96. The number of anilines is 1. The molecule has 0 aliphatic carbocycles. The van der Waals surface area contributed by atoms with E-state index in [1.54, 1.807) is 32.6 Å². The Hall–Kier alpha value is -1.55. The average molecular weight is 462 g/mol. The van der Waals surface area contributed by atoms with Gasteiger partial charge in [-0.05, 0) is 18.6 Å². The molecule has 0 saturated carbocycles. The number of guanidine groups is 1. The normalized spacial score (nSPS) is 10.8. The molecule has 1 aromatic carbocycles. The Morgan fingerprint density at radius 3 is 2.58 bits per heavy atom. The predicted molar refractivity (Wildman–Crippen MR) is 110 cm³/mol. The number of aryl methyl sites for hydroxylation is 1. The Labute approximate surface area is 163 Å². The minimum atomic E-state index is 0. The molecule has 0 aliphatic rings. The van der Waals surface area contributed by atoms with Gasteiger partial charge in [-0.25, -0.2) is 4.98 Å². The molecule has 0 aliphatic heterocycles. The fourth-order valence-electron chi connectivity index (χ4n) is 1.98. The van der Waals surface area contributed by atoms with E-state index in [0.29, 0.717) is 24.0 Å². The summed E-state index contributed by atoms with van der Waals surface area (Å²) in [6.07, 6.45) is 2.93. The average Bonchev–Trinajstić information content (AvgIpc) is 3.06. The molecule has 0 atom stereocenters. The van der Waals surface area contributed by atoms with Crippen molar-refractivity contribution in [3.63, 3.8) is 0 Å². The lowest BCUT2D eigenvalue weighted by Gasteiger charge is -2.13. The smallest absolute Gasteiger partial charge is 0.195 e. The maximum atomic E-state index is 5.30. The van der Waals surface area contributed by atoms with Gasteiger partial charge < -0.3 is 20.1 Å². The van der Waals surface area contributed by atoms with Crippen LogP contribution in [0.4, 0.5) is 5.69 Å². The molecular weight excluding hydrogens is 439 g/mol. The van der Waals surface area contributed by atoms with Crippen molar-refractivity contribution in [2.75, 3.05) is 26.6 Å². The molecule has 0 saturated heterocycles. The highest BCUT2D eigenvalue weighted by molar-refractivity contribution is 14.0. The van der Waals surface area contributed by atoms with Crippen LogP contribution in [0, 0.1) is 0 Å². The monoisotopic (exact) mass is 462 g/mol. The number of nitrogens with zero attached hydrogens (tertiary/aromatic N) is 2. The molecule has 132 valence electrons. The summed E-state index contributed by atoms with van der Waals surface area (Å²) in [4.78, 5) is 9.89. The molecular formula is C16H23IN4O2S. The van der Waals surface area contributed by atoms with E-state index in [-0.39, 0.29) is 24.0 Å². The van der Waals surface area contributed by atoms with Gasteiger partial charge in [0.1, 0.15) is 5.01 Å². The van der Waals surface area contributed by atoms with Gasteiger partial charge in [0.15, 0.2) is 17.5 Å². The summed E-state index contributed by atoms with van der Waals surface area (Å²) in [5.41, 5.74) is 0.865. The summed E-state index contributed by atoms with van der Waals surface area (Å²) in [6, 6.07) is 5.62. The molecule has 0 fully saturated rings.